The summed E-state index contributed by atoms with van der Waals surface area (Å²) >= 11 is 3.32. The summed E-state index contributed by atoms with van der Waals surface area (Å²) in [5, 5.41) is 14.6. The van der Waals surface area contributed by atoms with Crippen LogP contribution in [0, 0.1) is 0 Å². The normalized spacial score (nSPS) is 11.4. The summed E-state index contributed by atoms with van der Waals surface area (Å²) in [6.07, 6.45) is 4.68. The molecule has 3 aromatic heterocycles. The molecular formula is C19H13BrN6O2. The van der Waals surface area contributed by atoms with Crippen molar-refractivity contribution in [1.29, 1.82) is 0 Å². The Hall–Kier alpha value is -3.59. The lowest BCUT2D eigenvalue weighted by molar-refractivity contribution is -0.111. The molecule has 0 aliphatic rings. The largest absolute Gasteiger partial charge is 0.465 e. The highest BCUT2D eigenvalue weighted by Gasteiger charge is 2.20. The standard InChI is InChI=1S/C19H13BrN6O2/c20-14-8-9-17(21-12-14)22-19(27)16(11-15-7-4-10-28-15)26-18(23-24-25-26)13-5-2-1-3-6-13/h1-12H,(H,21,22,27)/b16-11+. The number of carbonyl (C=O) groups is 1. The molecule has 0 atom stereocenters. The summed E-state index contributed by atoms with van der Waals surface area (Å²) in [5.41, 5.74) is 0.955. The quantitative estimate of drug-likeness (QED) is 0.478. The molecule has 0 unspecified atom stereocenters. The minimum atomic E-state index is -0.435. The summed E-state index contributed by atoms with van der Waals surface area (Å²) in [7, 11) is 0. The van der Waals surface area contributed by atoms with Crippen LogP contribution in [0.25, 0.3) is 23.2 Å². The van der Waals surface area contributed by atoms with Crippen LogP contribution < -0.4 is 5.32 Å². The molecule has 0 saturated carbocycles. The number of halogens is 1. The van der Waals surface area contributed by atoms with Crippen molar-refractivity contribution in [2.75, 3.05) is 5.32 Å². The lowest BCUT2D eigenvalue weighted by Crippen LogP contribution is -2.20. The predicted octanol–water partition coefficient (Wildman–Crippen LogP) is 3.73. The highest BCUT2D eigenvalue weighted by Crippen LogP contribution is 2.21. The molecule has 4 aromatic rings. The molecule has 1 N–H and O–H groups in total. The van der Waals surface area contributed by atoms with Crippen molar-refractivity contribution in [1.82, 2.24) is 25.2 Å². The Balaban J connectivity index is 1.74. The number of hydrogen-bond donors (Lipinski definition) is 1. The topological polar surface area (TPSA) is 98.7 Å². The summed E-state index contributed by atoms with van der Waals surface area (Å²) in [4.78, 5) is 17.2. The smallest absolute Gasteiger partial charge is 0.275 e. The summed E-state index contributed by atoms with van der Waals surface area (Å²) < 4.78 is 7.54. The van der Waals surface area contributed by atoms with E-state index in [1.165, 1.54) is 10.9 Å². The maximum absolute atomic E-state index is 13.0. The fraction of sp³-hybridized carbons (Fsp3) is 0. The number of carbonyl (C=O) groups excluding carboxylic acids is 1. The highest BCUT2D eigenvalue weighted by molar-refractivity contribution is 9.10. The number of nitrogens with one attached hydrogen (secondary N) is 1. The van der Waals surface area contributed by atoms with Gasteiger partial charge in [-0.05, 0) is 50.6 Å². The molecule has 9 heteroatoms. The molecule has 0 aliphatic heterocycles. The lowest BCUT2D eigenvalue weighted by atomic mass is 10.2. The van der Waals surface area contributed by atoms with Crippen molar-refractivity contribution in [2.45, 2.75) is 0 Å². The van der Waals surface area contributed by atoms with Crippen molar-refractivity contribution in [3.63, 3.8) is 0 Å². The van der Waals surface area contributed by atoms with E-state index in [0.29, 0.717) is 17.4 Å². The van der Waals surface area contributed by atoms with Gasteiger partial charge in [0.15, 0.2) is 5.82 Å². The SMILES string of the molecule is O=C(Nc1ccc(Br)cn1)/C(=C\c1ccco1)n1nnnc1-c1ccccc1. The molecule has 1 amide bonds. The number of tetrazole rings is 1. The Labute approximate surface area is 168 Å². The molecule has 0 radical (unpaired) electrons. The molecule has 1 aromatic carbocycles. The lowest BCUT2D eigenvalue weighted by Gasteiger charge is -2.10. The van der Waals surface area contributed by atoms with Gasteiger partial charge in [-0.2, -0.15) is 4.68 Å². The van der Waals surface area contributed by atoms with Crippen LogP contribution in [0.3, 0.4) is 0 Å². The van der Waals surface area contributed by atoms with E-state index in [1.54, 1.807) is 36.5 Å². The number of amides is 1. The van der Waals surface area contributed by atoms with E-state index in [-0.39, 0.29) is 5.70 Å². The van der Waals surface area contributed by atoms with Crippen LogP contribution in [0.15, 0.2) is 75.9 Å². The molecule has 8 nitrogen and oxygen atoms in total. The number of furan rings is 1. The minimum Gasteiger partial charge on any atom is -0.465 e. The Morgan fingerprint density at radius 2 is 1.96 bits per heavy atom. The zero-order valence-corrected chi connectivity index (χ0v) is 15.9. The Kier molecular flexibility index (Phi) is 5.07. The van der Waals surface area contributed by atoms with E-state index in [2.05, 4.69) is 41.8 Å². The van der Waals surface area contributed by atoms with E-state index in [9.17, 15) is 4.79 Å². The zero-order chi connectivity index (χ0) is 19.3. The maximum Gasteiger partial charge on any atom is 0.275 e. The Morgan fingerprint density at radius 3 is 2.68 bits per heavy atom. The summed E-state index contributed by atoms with van der Waals surface area (Å²) in [5.74, 6) is 0.879. The first-order chi connectivity index (χ1) is 13.7. The third kappa shape index (κ3) is 3.89. The number of pyridine rings is 1. The Bertz CT molecular complexity index is 1110. The minimum absolute atomic E-state index is 0.184. The van der Waals surface area contributed by atoms with Gasteiger partial charge in [0.05, 0.1) is 6.26 Å². The van der Waals surface area contributed by atoms with Gasteiger partial charge in [0.25, 0.3) is 5.91 Å². The number of hydrogen-bond acceptors (Lipinski definition) is 6. The molecule has 0 spiro atoms. The maximum atomic E-state index is 13.0. The number of anilines is 1. The second kappa shape index (κ2) is 7.97. The van der Waals surface area contributed by atoms with Gasteiger partial charge in [-0.3, -0.25) is 4.79 Å². The van der Waals surface area contributed by atoms with Crippen molar-refractivity contribution in [2.24, 2.45) is 0 Å². The van der Waals surface area contributed by atoms with E-state index in [4.69, 9.17) is 4.42 Å². The van der Waals surface area contributed by atoms with Gasteiger partial charge >= 0.3 is 0 Å². The number of benzene rings is 1. The van der Waals surface area contributed by atoms with Crippen LogP contribution >= 0.6 is 15.9 Å². The van der Waals surface area contributed by atoms with E-state index in [1.807, 2.05) is 30.3 Å². The van der Waals surface area contributed by atoms with E-state index >= 15 is 0 Å². The van der Waals surface area contributed by atoms with Crippen molar-refractivity contribution < 1.29 is 9.21 Å². The number of rotatable bonds is 5. The molecule has 0 saturated heterocycles. The second-order valence-corrected chi connectivity index (χ2v) is 6.56. The van der Waals surface area contributed by atoms with Crippen molar-refractivity contribution in [3.8, 4) is 11.4 Å². The Morgan fingerprint density at radius 1 is 1.11 bits per heavy atom. The first kappa shape index (κ1) is 17.8. The molecule has 0 bridgehead atoms. The average molecular weight is 437 g/mol. The van der Waals surface area contributed by atoms with Gasteiger partial charge in [0, 0.05) is 22.3 Å². The summed E-state index contributed by atoms with van der Waals surface area (Å²) in [6.45, 7) is 0. The number of aromatic nitrogens is 5. The third-order valence-electron chi connectivity index (χ3n) is 3.75. The molecule has 0 fully saturated rings. The van der Waals surface area contributed by atoms with Crippen molar-refractivity contribution >= 4 is 39.4 Å². The molecule has 138 valence electrons. The van der Waals surface area contributed by atoms with Crippen LogP contribution in [-0.2, 0) is 4.79 Å². The highest BCUT2D eigenvalue weighted by atomic mass is 79.9. The fourth-order valence-electron chi connectivity index (χ4n) is 2.48. The van der Waals surface area contributed by atoms with E-state index in [0.717, 1.165) is 10.0 Å². The van der Waals surface area contributed by atoms with Gasteiger partial charge in [-0.1, -0.05) is 30.3 Å². The van der Waals surface area contributed by atoms with Gasteiger partial charge in [-0.25, -0.2) is 4.98 Å². The van der Waals surface area contributed by atoms with Gasteiger partial charge in [0.2, 0.25) is 0 Å². The van der Waals surface area contributed by atoms with Crippen LogP contribution in [0.1, 0.15) is 5.76 Å². The summed E-state index contributed by atoms with van der Waals surface area (Å²) in [6, 6.07) is 16.3. The molecule has 3 heterocycles. The predicted molar refractivity (Wildman–Crippen MR) is 107 cm³/mol. The van der Waals surface area contributed by atoms with Crippen LogP contribution in [-0.4, -0.2) is 31.1 Å². The monoisotopic (exact) mass is 436 g/mol. The van der Waals surface area contributed by atoms with Gasteiger partial charge in [0.1, 0.15) is 17.3 Å². The van der Waals surface area contributed by atoms with E-state index < -0.39 is 5.91 Å². The van der Waals surface area contributed by atoms with Crippen molar-refractivity contribution in [3.05, 3.63) is 77.3 Å². The molecule has 28 heavy (non-hydrogen) atoms. The first-order valence-electron chi connectivity index (χ1n) is 8.23. The second-order valence-electron chi connectivity index (χ2n) is 5.64. The molecule has 4 rings (SSSR count). The van der Waals surface area contributed by atoms with Gasteiger partial charge < -0.3 is 9.73 Å². The molecule has 0 aliphatic carbocycles. The van der Waals surface area contributed by atoms with Crippen LogP contribution in [0.5, 0.6) is 0 Å². The van der Waals surface area contributed by atoms with Gasteiger partial charge in [-0.15, -0.1) is 5.10 Å². The molecular weight excluding hydrogens is 424 g/mol. The third-order valence-corrected chi connectivity index (χ3v) is 4.22. The van der Waals surface area contributed by atoms with Crippen LogP contribution in [0.4, 0.5) is 5.82 Å². The average Bonchev–Trinajstić information content (AvgIpc) is 3.40. The first-order valence-corrected chi connectivity index (χ1v) is 9.02. The van der Waals surface area contributed by atoms with Crippen LogP contribution in [0.2, 0.25) is 0 Å². The number of nitrogens with zero attached hydrogens (tertiary/aromatic N) is 5. The fourth-order valence-corrected chi connectivity index (χ4v) is 2.71. The zero-order valence-electron chi connectivity index (χ0n) is 14.4.